The zero-order chi connectivity index (χ0) is 29.3. The van der Waals surface area contributed by atoms with Crippen LogP contribution in [-0.2, 0) is 25.8 Å². The second-order valence-electron chi connectivity index (χ2n) is 8.32. The number of aromatic nitrogens is 3. The second-order valence-corrected chi connectivity index (χ2v) is 12.8. The van der Waals surface area contributed by atoms with Crippen LogP contribution in [0.2, 0.25) is 5.02 Å². The SMILES string of the molecule is Nc1nc(/C(=N/OCc2ccc(O)c(O)c2Cl)C(=O)NC2C(=O)N3C(C(=O)[O-])=C(CSc4cnns4)CS[C@@H]23)cs1.[Na+]. The maximum atomic E-state index is 13.3. The third-order valence-corrected chi connectivity index (χ3v) is 10.1. The molecule has 1 unspecified atom stereocenters. The van der Waals surface area contributed by atoms with Gasteiger partial charge in [-0.25, -0.2) is 4.98 Å². The quantitative estimate of drug-likeness (QED) is 0.0447. The Balaban J connectivity index is 0.00000405. The summed E-state index contributed by atoms with van der Waals surface area (Å²) in [4.78, 5) is 48.8. The van der Waals surface area contributed by atoms with Gasteiger partial charge in [-0.05, 0) is 23.2 Å². The summed E-state index contributed by atoms with van der Waals surface area (Å²) < 4.78 is 4.57. The van der Waals surface area contributed by atoms with E-state index in [2.05, 4.69) is 25.0 Å². The number of aliphatic carboxylic acids is 1. The molecule has 4 heterocycles. The zero-order valence-electron chi connectivity index (χ0n) is 21.3. The molecule has 0 saturated carbocycles. The third kappa shape index (κ3) is 6.65. The summed E-state index contributed by atoms with van der Waals surface area (Å²) in [6, 6.07) is 1.56. The summed E-state index contributed by atoms with van der Waals surface area (Å²) in [5, 5.41) is 42.4. The molecule has 2 aromatic heterocycles. The van der Waals surface area contributed by atoms with Gasteiger partial charge in [0.25, 0.3) is 11.8 Å². The summed E-state index contributed by atoms with van der Waals surface area (Å²) >= 11 is 10.9. The number of fused-ring (bicyclic) bond motifs is 1. The van der Waals surface area contributed by atoms with Gasteiger partial charge in [0.05, 0.1) is 22.9 Å². The Labute approximate surface area is 280 Å². The fraction of sp³-hybridized carbons (Fsp3) is 0.227. The van der Waals surface area contributed by atoms with E-state index >= 15 is 0 Å². The molecule has 0 bridgehead atoms. The van der Waals surface area contributed by atoms with Crippen molar-refractivity contribution < 1.29 is 64.1 Å². The van der Waals surface area contributed by atoms with Gasteiger partial charge in [0.1, 0.15) is 27.9 Å². The number of β-lactam (4-membered cyclic amide) rings is 1. The van der Waals surface area contributed by atoms with Crippen molar-refractivity contribution in [2.45, 2.75) is 22.2 Å². The maximum absolute atomic E-state index is 13.3. The van der Waals surface area contributed by atoms with Crippen LogP contribution in [0.1, 0.15) is 11.3 Å². The van der Waals surface area contributed by atoms with Crippen LogP contribution < -0.4 is 45.7 Å². The van der Waals surface area contributed by atoms with Crippen molar-refractivity contribution in [2.75, 3.05) is 17.2 Å². The fourth-order valence-electron chi connectivity index (χ4n) is 3.85. The molecule has 42 heavy (non-hydrogen) atoms. The Morgan fingerprint density at radius 1 is 1.36 bits per heavy atom. The Hall–Kier alpha value is -2.58. The van der Waals surface area contributed by atoms with Crippen LogP contribution in [-0.4, -0.2) is 76.1 Å². The second kappa shape index (κ2) is 13.8. The predicted octanol–water partition coefficient (Wildman–Crippen LogP) is -2.24. The number of carbonyl (C=O) groups is 3. The number of halogens is 1. The van der Waals surface area contributed by atoms with Crippen molar-refractivity contribution in [3.05, 3.63) is 51.3 Å². The third-order valence-electron chi connectivity index (χ3n) is 5.79. The molecular weight excluding hydrogens is 661 g/mol. The zero-order valence-corrected chi connectivity index (χ0v) is 27.4. The number of nitrogens with two attached hydrogens (primary N) is 1. The van der Waals surface area contributed by atoms with Crippen LogP contribution in [0.4, 0.5) is 5.13 Å². The molecular formula is C22H17ClN7NaO7S4. The van der Waals surface area contributed by atoms with Crippen LogP contribution in [0, 0.1) is 0 Å². The Kier molecular flexibility index (Phi) is 10.6. The van der Waals surface area contributed by atoms with Crippen LogP contribution in [0.3, 0.4) is 0 Å². The first-order valence-electron chi connectivity index (χ1n) is 11.4. The number of phenols is 2. The summed E-state index contributed by atoms with van der Waals surface area (Å²) in [5.41, 5.74) is 6.07. The van der Waals surface area contributed by atoms with Gasteiger partial charge in [0.15, 0.2) is 22.3 Å². The molecule has 0 spiro atoms. The number of amides is 2. The van der Waals surface area contributed by atoms with Crippen molar-refractivity contribution in [3.63, 3.8) is 0 Å². The number of nitrogens with zero attached hydrogens (tertiary/aromatic N) is 5. The largest absolute Gasteiger partial charge is 1.00 e. The van der Waals surface area contributed by atoms with E-state index in [1.54, 1.807) is 6.20 Å². The normalized spacial score (nSPS) is 18.2. The molecule has 14 nitrogen and oxygen atoms in total. The minimum atomic E-state index is -1.49. The molecule has 1 fully saturated rings. The number of hydrogen-bond donors (Lipinski definition) is 4. The predicted molar refractivity (Wildman–Crippen MR) is 150 cm³/mol. The van der Waals surface area contributed by atoms with Gasteiger partial charge in [-0.2, -0.15) is 0 Å². The first-order valence-corrected chi connectivity index (χ1v) is 15.4. The minimum Gasteiger partial charge on any atom is -0.543 e. The number of phenolic OH excluding ortho intramolecular Hbond substituents is 2. The van der Waals surface area contributed by atoms with Gasteiger partial charge < -0.3 is 36.0 Å². The van der Waals surface area contributed by atoms with E-state index in [0.29, 0.717) is 17.1 Å². The molecule has 1 aromatic carbocycles. The Bertz CT molecular complexity index is 1590. The van der Waals surface area contributed by atoms with E-state index < -0.39 is 40.7 Å². The van der Waals surface area contributed by atoms with Gasteiger partial charge >= 0.3 is 29.6 Å². The first-order chi connectivity index (χ1) is 19.7. The van der Waals surface area contributed by atoms with Gasteiger partial charge in [0, 0.05) is 22.4 Å². The number of oxime groups is 1. The number of hydrogen-bond acceptors (Lipinski definition) is 16. The molecule has 20 heteroatoms. The first kappa shape index (κ1) is 32.3. The molecule has 3 aromatic rings. The molecule has 1 saturated heterocycles. The molecule has 2 amide bonds. The molecule has 0 radical (unpaired) electrons. The molecule has 214 valence electrons. The van der Waals surface area contributed by atoms with Crippen molar-refractivity contribution >= 4 is 86.6 Å². The van der Waals surface area contributed by atoms with Crippen molar-refractivity contribution in [2.24, 2.45) is 5.16 Å². The van der Waals surface area contributed by atoms with Gasteiger partial charge in [-0.1, -0.05) is 27.3 Å². The summed E-state index contributed by atoms with van der Waals surface area (Å²) in [6.45, 7) is -0.282. The van der Waals surface area contributed by atoms with Crippen LogP contribution >= 0.6 is 58.0 Å². The molecule has 5 N–H and O–H groups in total. The number of benzene rings is 1. The van der Waals surface area contributed by atoms with Gasteiger partial charge in [0.2, 0.25) is 0 Å². The van der Waals surface area contributed by atoms with E-state index in [9.17, 15) is 29.7 Å². The number of carboxylic acid groups (broad SMARTS) is 1. The fourth-order valence-corrected chi connectivity index (χ4v) is 7.52. The number of rotatable bonds is 10. The monoisotopic (exact) mass is 677 g/mol. The van der Waals surface area contributed by atoms with E-state index in [0.717, 1.165) is 20.4 Å². The summed E-state index contributed by atoms with van der Waals surface area (Å²) in [5.74, 6) is -3.27. The van der Waals surface area contributed by atoms with Crippen LogP contribution in [0.5, 0.6) is 11.5 Å². The summed E-state index contributed by atoms with van der Waals surface area (Å²) in [7, 11) is 0. The smallest absolute Gasteiger partial charge is 0.543 e. The standard InChI is InChI=1S/C22H18ClN7O7S4.Na/c23-13-8(1-2-11(31)17(13)32)4-37-28-14(10-7-40-22(24)26-10)18(33)27-15-19(34)30-16(21(35)36)9(6-39-20(15)30)5-38-12-3-25-29-41-12;/h1-3,7,15,20,31-32H,4-6H2,(H2,24,26)(H,27,33)(H,35,36);/q;+1/p-1/b28-14-;/t15?,20-;/m0./s1. The van der Waals surface area contributed by atoms with Gasteiger partial charge in [-0.3, -0.25) is 14.5 Å². The van der Waals surface area contributed by atoms with Crippen LogP contribution in [0.15, 0.2) is 44.3 Å². The number of nitrogens with one attached hydrogen (secondary N) is 1. The Morgan fingerprint density at radius 2 is 2.14 bits per heavy atom. The molecule has 2 atom stereocenters. The molecule has 2 aliphatic heterocycles. The van der Waals surface area contributed by atoms with E-state index in [1.165, 1.54) is 52.6 Å². The molecule has 0 aliphatic carbocycles. The van der Waals surface area contributed by atoms with Crippen molar-refractivity contribution in [1.82, 2.24) is 24.8 Å². The van der Waals surface area contributed by atoms with E-state index in [4.69, 9.17) is 22.2 Å². The van der Waals surface area contributed by atoms with Crippen molar-refractivity contribution in [3.8, 4) is 11.5 Å². The van der Waals surface area contributed by atoms with E-state index in [1.807, 2.05) is 0 Å². The van der Waals surface area contributed by atoms with Crippen molar-refractivity contribution in [1.29, 1.82) is 0 Å². The minimum absolute atomic E-state index is 0. The molecule has 5 rings (SSSR count). The average Bonchev–Trinajstić information content (AvgIpc) is 3.63. The maximum Gasteiger partial charge on any atom is 1.00 e. The summed E-state index contributed by atoms with van der Waals surface area (Å²) in [6.07, 6.45) is 1.57. The number of thiazole rings is 1. The van der Waals surface area contributed by atoms with Crippen LogP contribution in [0.25, 0.3) is 0 Å². The van der Waals surface area contributed by atoms with E-state index in [-0.39, 0.29) is 69.0 Å². The number of aromatic hydroxyl groups is 2. The number of anilines is 1. The number of thioether (sulfide) groups is 2. The topological polar surface area (TPSA) is 216 Å². The van der Waals surface area contributed by atoms with Gasteiger partial charge in [-0.15, -0.1) is 40.0 Å². The number of nitrogen functional groups attached to an aromatic ring is 1. The Morgan fingerprint density at radius 3 is 2.81 bits per heavy atom. The number of carboxylic acids is 1. The molecule has 2 aliphatic rings. The number of carbonyl (C=O) groups excluding carboxylic acids is 3. The average molecular weight is 678 g/mol.